The highest BCUT2D eigenvalue weighted by molar-refractivity contribution is 5.36. The van der Waals surface area contributed by atoms with Gasteiger partial charge in [0.15, 0.2) is 0 Å². The van der Waals surface area contributed by atoms with Crippen molar-refractivity contribution < 1.29 is 9.84 Å². The Balaban J connectivity index is 2.62. The van der Waals surface area contributed by atoms with E-state index in [2.05, 4.69) is 6.92 Å². The minimum Gasteiger partial charge on any atom is -0.494 e. The third-order valence-electron chi connectivity index (χ3n) is 1.99. The lowest BCUT2D eigenvalue weighted by Gasteiger charge is -2.07. The molecule has 0 bridgehead atoms. The molecule has 2 nitrogen and oxygen atoms in total. The summed E-state index contributed by atoms with van der Waals surface area (Å²) < 4.78 is 5.54. The van der Waals surface area contributed by atoms with Gasteiger partial charge in [-0.25, -0.2) is 0 Å². The van der Waals surface area contributed by atoms with Crippen LogP contribution in [0.2, 0.25) is 0 Å². The summed E-state index contributed by atoms with van der Waals surface area (Å²) in [5.41, 5.74) is 1.88. The van der Waals surface area contributed by atoms with Crippen molar-refractivity contribution in [1.29, 1.82) is 0 Å². The fourth-order valence-electron chi connectivity index (χ4n) is 1.27. The molecule has 0 aliphatic carbocycles. The second-order valence-corrected chi connectivity index (χ2v) is 3.41. The highest BCUT2D eigenvalue weighted by atomic mass is 16.5. The first-order valence-electron chi connectivity index (χ1n) is 4.98. The Bertz CT molecular complexity index is 282. The van der Waals surface area contributed by atoms with E-state index in [1.54, 1.807) is 0 Å². The quantitative estimate of drug-likeness (QED) is 0.728. The molecule has 0 aromatic heterocycles. The van der Waals surface area contributed by atoms with Crippen molar-refractivity contribution in [3.8, 4) is 5.75 Å². The number of aliphatic hydroxyl groups is 1. The summed E-state index contributed by atoms with van der Waals surface area (Å²) >= 11 is 0. The van der Waals surface area contributed by atoms with E-state index in [1.807, 2.05) is 25.1 Å². The Morgan fingerprint density at radius 2 is 2.14 bits per heavy atom. The topological polar surface area (TPSA) is 29.5 Å². The third-order valence-corrected chi connectivity index (χ3v) is 1.99. The van der Waals surface area contributed by atoms with Gasteiger partial charge in [0.2, 0.25) is 0 Å². The van der Waals surface area contributed by atoms with E-state index >= 15 is 0 Å². The molecule has 0 aliphatic rings. The minimum atomic E-state index is 0.741. The zero-order valence-electron chi connectivity index (χ0n) is 8.79. The predicted molar refractivity (Wildman–Crippen MR) is 56.9 cm³/mol. The largest absolute Gasteiger partial charge is 0.494 e. The monoisotopic (exact) mass is 193 g/mol. The van der Waals surface area contributed by atoms with Crippen LogP contribution in [-0.2, 0) is 0 Å². The molecule has 1 aromatic rings. The van der Waals surface area contributed by atoms with Crippen molar-refractivity contribution in [3.05, 3.63) is 35.9 Å². The molecule has 1 aromatic carbocycles. The van der Waals surface area contributed by atoms with Crippen LogP contribution in [0.25, 0.3) is 0 Å². The number of unbranched alkanes of at least 4 members (excludes halogenated alkanes) is 1. The van der Waals surface area contributed by atoms with Gasteiger partial charge in [-0.1, -0.05) is 19.4 Å². The molecule has 0 aliphatic heterocycles. The molecule has 1 rings (SSSR count). The summed E-state index contributed by atoms with van der Waals surface area (Å²) in [5, 5.41) is 8.88. The van der Waals surface area contributed by atoms with Gasteiger partial charge in [-0.05, 0) is 36.6 Å². The summed E-state index contributed by atoms with van der Waals surface area (Å²) in [7, 11) is 0. The molecule has 1 radical (unpaired) electrons. The zero-order chi connectivity index (χ0) is 10.4. The summed E-state index contributed by atoms with van der Waals surface area (Å²) in [5.74, 6) is 0.832. The maximum atomic E-state index is 8.88. The molecule has 0 spiro atoms. The van der Waals surface area contributed by atoms with E-state index in [1.165, 1.54) is 0 Å². The standard InChI is InChI=1S/C12H17O2/c1-3-4-5-14-12-7-10(2)6-11(8-12)9-13/h6-9,13H,3-5H2,1-2H3. The van der Waals surface area contributed by atoms with Gasteiger partial charge in [-0.15, -0.1) is 0 Å². The molecule has 0 unspecified atom stereocenters. The SMILES string of the molecule is CCCCOc1cc(C)cc([CH]O)c1. The Kier molecular flexibility index (Phi) is 4.47. The first-order valence-corrected chi connectivity index (χ1v) is 4.98. The van der Waals surface area contributed by atoms with E-state index in [4.69, 9.17) is 9.84 Å². The van der Waals surface area contributed by atoms with Crippen molar-refractivity contribution in [2.24, 2.45) is 0 Å². The highest BCUT2D eigenvalue weighted by Gasteiger charge is 1.98. The maximum absolute atomic E-state index is 8.88. The van der Waals surface area contributed by atoms with Gasteiger partial charge in [0.25, 0.3) is 0 Å². The van der Waals surface area contributed by atoms with Crippen LogP contribution >= 0.6 is 0 Å². The number of rotatable bonds is 5. The molecule has 0 amide bonds. The molecule has 77 valence electrons. The van der Waals surface area contributed by atoms with E-state index < -0.39 is 0 Å². The van der Waals surface area contributed by atoms with Crippen molar-refractivity contribution in [2.75, 3.05) is 6.61 Å². The molecule has 14 heavy (non-hydrogen) atoms. The van der Waals surface area contributed by atoms with Crippen LogP contribution in [-0.4, -0.2) is 11.7 Å². The van der Waals surface area contributed by atoms with Gasteiger partial charge >= 0.3 is 0 Å². The highest BCUT2D eigenvalue weighted by Crippen LogP contribution is 2.17. The van der Waals surface area contributed by atoms with Crippen LogP contribution in [0.4, 0.5) is 0 Å². The number of hydrogen-bond acceptors (Lipinski definition) is 2. The van der Waals surface area contributed by atoms with E-state index in [9.17, 15) is 0 Å². The second-order valence-electron chi connectivity index (χ2n) is 3.41. The molecule has 0 fully saturated rings. The van der Waals surface area contributed by atoms with Gasteiger partial charge in [0.05, 0.1) is 6.61 Å². The van der Waals surface area contributed by atoms with Crippen molar-refractivity contribution in [2.45, 2.75) is 26.7 Å². The lowest BCUT2D eigenvalue weighted by atomic mass is 10.1. The fourth-order valence-corrected chi connectivity index (χ4v) is 1.27. The van der Waals surface area contributed by atoms with E-state index in [0.717, 1.165) is 42.9 Å². The first kappa shape index (κ1) is 11.1. The van der Waals surface area contributed by atoms with Crippen LogP contribution in [0, 0.1) is 13.5 Å². The van der Waals surface area contributed by atoms with Gasteiger partial charge in [-0.3, -0.25) is 0 Å². The predicted octanol–water partition coefficient (Wildman–Crippen LogP) is 3.06. The summed E-state index contributed by atoms with van der Waals surface area (Å²) in [6.45, 7) is 5.96. The average molecular weight is 193 g/mol. The lowest BCUT2D eigenvalue weighted by molar-refractivity contribution is 0.308. The zero-order valence-corrected chi connectivity index (χ0v) is 8.79. The Morgan fingerprint density at radius 1 is 1.36 bits per heavy atom. The van der Waals surface area contributed by atoms with E-state index in [0.29, 0.717) is 0 Å². The van der Waals surface area contributed by atoms with Crippen molar-refractivity contribution in [1.82, 2.24) is 0 Å². The fraction of sp³-hybridized carbons (Fsp3) is 0.417. The van der Waals surface area contributed by atoms with Crippen LogP contribution in [0.3, 0.4) is 0 Å². The number of hydrogen-bond donors (Lipinski definition) is 1. The van der Waals surface area contributed by atoms with Crippen molar-refractivity contribution in [3.63, 3.8) is 0 Å². The third kappa shape index (κ3) is 3.38. The average Bonchev–Trinajstić information content (AvgIpc) is 2.17. The number of benzene rings is 1. The summed E-state index contributed by atoms with van der Waals surface area (Å²) in [4.78, 5) is 0. The summed E-state index contributed by atoms with van der Waals surface area (Å²) in [6.07, 6.45) is 2.19. The molecular weight excluding hydrogens is 176 g/mol. The Labute approximate surface area is 85.5 Å². The molecule has 0 heterocycles. The molecule has 0 saturated heterocycles. The second kappa shape index (κ2) is 5.66. The molecule has 1 N–H and O–H groups in total. The maximum Gasteiger partial charge on any atom is 0.119 e. The van der Waals surface area contributed by atoms with Crippen LogP contribution < -0.4 is 4.74 Å². The molecule has 2 heteroatoms. The van der Waals surface area contributed by atoms with Crippen LogP contribution in [0.15, 0.2) is 18.2 Å². The summed E-state index contributed by atoms with van der Waals surface area (Å²) in [6, 6.07) is 5.72. The Hall–Kier alpha value is -1.02. The first-order chi connectivity index (χ1) is 6.76. The van der Waals surface area contributed by atoms with E-state index in [-0.39, 0.29) is 0 Å². The van der Waals surface area contributed by atoms with Gasteiger partial charge in [-0.2, -0.15) is 0 Å². The molecular formula is C12H17O2. The normalized spacial score (nSPS) is 10.2. The molecule has 0 saturated carbocycles. The number of aliphatic hydroxyl groups excluding tert-OH is 1. The number of ether oxygens (including phenoxy) is 1. The van der Waals surface area contributed by atoms with Crippen molar-refractivity contribution >= 4 is 0 Å². The number of aryl methyl sites for hydroxylation is 1. The van der Waals surface area contributed by atoms with Crippen LogP contribution in [0.1, 0.15) is 30.9 Å². The van der Waals surface area contributed by atoms with Gasteiger partial charge < -0.3 is 9.84 Å². The molecule has 0 atom stereocenters. The van der Waals surface area contributed by atoms with Gasteiger partial charge in [0, 0.05) is 0 Å². The smallest absolute Gasteiger partial charge is 0.119 e. The van der Waals surface area contributed by atoms with Crippen LogP contribution in [0.5, 0.6) is 5.75 Å². The lowest BCUT2D eigenvalue weighted by Crippen LogP contribution is -1.97. The minimum absolute atomic E-state index is 0.741. The van der Waals surface area contributed by atoms with Gasteiger partial charge in [0.1, 0.15) is 12.4 Å². The Morgan fingerprint density at radius 3 is 2.79 bits per heavy atom.